The molecule has 0 bridgehead atoms. The van der Waals surface area contributed by atoms with Gasteiger partial charge >= 0.3 is 0 Å². The van der Waals surface area contributed by atoms with E-state index in [-0.39, 0.29) is 19.3 Å². The molecule has 0 unspecified atom stereocenters. The Morgan fingerprint density at radius 2 is 1.78 bits per heavy atom. The number of rotatable bonds is 5. The maximum Gasteiger partial charge on any atom is 0.260 e. The van der Waals surface area contributed by atoms with Crippen molar-refractivity contribution in [1.82, 2.24) is 15.1 Å². The number of anilines is 1. The third-order valence-corrected chi connectivity index (χ3v) is 5.72. The van der Waals surface area contributed by atoms with Crippen LogP contribution in [-0.4, -0.2) is 60.6 Å². The van der Waals surface area contributed by atoms with Crippen LogP contribution in [0.1, 0.15) is 5.56 Å². The number of benzene rings is 2. The summed E-state index contributed by atoms with van der Waals surface area (Å²) >= 11 is 0. The Labute approximate surface area is 186 Å². The van der Waals surface area contributed by atoms with Crippen molar-refractivity contribution in [3.63, 3.8) is 0 Å². The molecular formula is C24H24N4O4. The highest BCUT2D eigenvalue weighted by molar-refractivity contribution is 5.78. The smallest absolute Gasteiger partial charge is 0.260 e. The molecule has 8 heteroatoms. The second-order valence-corrected chi connectivity index (χ2v) is 7.77. The van der Waals surface area contributed by atoms with Crippen LogP contribution in [0.15, 0.2) is 54.6 Å². The number of nitrogens with zero attached hydrogens (tertiary/aromatic N) is 4. The Morgan fingerprint density at radius 3 is 2.56 bits per heavy atom. The first-order valence-corrected chi connectivity index (χ1v) is 10.6. The fourth-order valence-electron chi connectivity index (χ4n) is 3.84. The summed E-state index contributed by atoms with van der Waals surface area (Å²) in [4.78, 5) is 16.5. The van der Waals surface area contributed by atoms with E-state index in [4.69, 9.17) is 14.2 Å². The lowest BCUT2D eigenvalue weighted by Gasteiger charge is -2.35. The van der Waals surface area contributed by atoms with E-state index in [9.17, 15) is 4.79 Å². The summed E-state index contributed by atoms with van der Waals surface area (Å²) < 4.78 is 16.5. The standard InChI is InChI=1S/C24H24N4O4/c1-17-4-2-3-5-20(17)30-15-24(29)28-12-10-27(11-13-28)23-9-7-19(25-26-23)18-6-8-21-22(14-18)32-16-31-21/h2-9,14H,10-13,15-16H2,1H3. The largest absolute Gasteiger partial charge is 0.484 e. The highest BCUT2D eigenvalue weighted by Crippen LogP contribution is 2.35. The first kappa shape index (κ1) is 20.1. The Bertz CT molecular complexity index is 1110. The van der Waals surface area contributed by atoms with Gasteiger partial charge in [-0.2, -0.15) is 0 Å². The number of carbonyl (C=O) groups is 1. The Balaban J connectivity index is 1.16. The van der Waals surface area contributed by atoms with E-state index >= 15 is 0 Å². The molecule has 164 valence electrons. The fraction of sp³-hybridized carbons (Fsp3) is 0.292. The maximum atomic E-state index is 12.5. The van der Waals surface area contributed by atoms with Gasteiger partial charge in [0.1, 0.15) is 5.75 Å². The Kier molecular flexibility index (Phi) is 5.49. The predicted octanol–water partition coefficient (Wildman–Crippen LogP) is 2.91. The van der Waals surface area contributed by atoms with Crippen LogP contribution in [0.25, 0.3) is 11.3 Å². The topological polar surface area (TPSA) is 77.0 Å². The van der Waals surface area contributed by atoms with E-state index in [1.54, 1.807) is 0 Å². The summed E-state index contributed by atoms with van der Waals surface area (Å²) in [6.07, 6.45) is 0. The summed E-state index contributed by atoms with van der Waals surface area (Å²) in [5.41, 5.74) is 2.72. The van der Waals surface area contributed by atoms with E-state index in [1.807, 2.05) is 66.4 Å². The molecule has 1 fully saturated rings. The fourth-order valence-corrected chi connectivity index (χ4v) is 3.84. The van der Waals surface area contributed by atoms with Crippen LogP contribution in [0, 0.1) is 6.92 Å². The normalized spacial score (nSPS) is 15.0. The van der Waals surface area contributed by atoms with Crippen molar-refractivity contribution < 1.29 is 19.0 Å². The van der Waals surface area contributed by atoms with Gasteiger partial charge in [0.2, 0.25) is 6.79 Å². The van der Waals surface area contributed by atoms with Crippen LogP contribution < -0.4 is 19.1 Å². The molecular weight excluding hydrogens is 408 g/mol. The molecule has 1 saturated heterocycles. The number of ether oxygens (including phenoxy) is 3. The molecule has 2 aliphatic heterocycles. The minimum absolute atomic E-state index is 0.00265. The van der Waals surface area contributed by atoms with Crippen molar-refractivity contribution in [2.24, 2.45) is 0 Å². The van der Waals surface area contributed by atoms with Crippen LogP contribution in [0.2, 0.25) is 0 Å². The highest BCUT2D eigenvalue weighted by Gasteiger charge is 2.23. The van der Waals surface area contributed by atoms with Gasteiger partial charge in [-0.3, -0.25) is 4.79 Å². The molecule has 0 radical (unpaired) electrons. The lowest BCUT2D eigenvalue weighted by molar-refractivity contribution is -0.133. The SMILES string of the molecule is Cc1ccccc1OCC(=O)N1CCN(c2ccc(-c3ccc4c(c3)OCO4)nn2)CC1. The van der Waals surface area contributed by atoms with E-state index in [2.05, 4.69) is 15.1 Å². The summed E-state index contributed by atoms with van der Waals surface area (Å²) in [6.45, 7) is 4.92. The van der Waals surface area contributed by atoms with Gasteiger partial charge < -0.3 is 24.0 Å². The molecule has 2 aliphatic rings. The number of aryl methyl sites for hydroxylation is 1. The minimum atomic E-state index is -0.00265. The van der Waals surface area contributed by atoms with E-state index in [0.717, 1.165) is 39.9 Å². The molecule has 32 heavy (non-hydrogen) atoms. The average Bonchev–Trinajstić information content (AvgIpc) is 3.32. The van der Waals surface area contributed by atoms with E-state index in [0.29, 0.717) is 26.2 Å². The summed E-state index contributed by atoms with van der Waals surface area (Å²) in [6, 6.07) is 17.4. The van der Waals surface area contributed by atoms with Crippen LogP contribution >= 0.6 is 0 Å². The quantitative estimate of drug-likeness (QED) is 0.614. The van der Waals surface area contributed by atoms with E-state index < -0.39 is 0 Å². The zero-order valence-electron chi connectivity index (χ0n) is 17.9. The van der Waals surface area contributed by atoms with Crippen molar-refractivity contribution in [2.45, 2.75) is 6.92 Å². The summed E-state index contributed by atoms with van der Waals surface area (Å²) in [5, 5.41) is 8.79. The zero-order chi connectivity index (χ0) is 21.9. The number of aromatic nitrogens is 2. The Morgan fingerprint density at radius 1 is 0.969 bits per heavy atom. The van der Waals surface area contributed by atoms with Crippen molar-refractivity contribution in [3.05, 3.63) is 60.2 Å². The predicted molar refractivity (Wildman–Crippen MR) is 119 cm³/mol. The monoisotopic (exact) mass is 432 g/mol. The molecule has 3 heterocycles. The average molecular weight is 432 g/mol. The van der Waals surface area contributed by atoms with Crippen LogP contribution in [0.3, 0.4) is 0 Å². The number of fused-ring (bicyclic) bond motifs is 1. The van der Waals surface area contributed by atoms with Gasteiger partial charge in [-0.05, 0) is 48.9 Å². The first-order chi connectivity index (χ1) is 15.7. The molecule has 0 aliphatic carbocycles. The van der Waals surface area contributed by atoms with Gasteiger partial charge in [0, 0.05) is 31.7 Å². The van der Waals surface area contributed by atoms with E-state index in [1.165, 1.54) is 0 Å². The zero-order valence-corrected chi connectivity index (χ0v) is 17.9. The molecule has 8 nitrogen and oxygen atoms in total. The highest BCUT2D eigenvalue weighted by atomic mass is 16.7. The van der Waals surface area contributed by atoms with Crippen molar-refractivity contribution in [1.29, 1.82) is 0 Å². The second-order valence-electron chi connectivity index (χ2n) is 7.77. The number of piperazine rings is 1. The second kappa shape index (κ2) is 8.74. The molecule has 0 saturated carbocycles. The van der Waals surface area contributed by atoms with Crippen LogP contribution in [0.5, 0.6) is 17.2 Å². The number of amides is 1. The van der Waals surface area contributed by atoms with Crippen LogP contribution in [0.4, 0.5) is 5.82 Å². The molecule has 5 rings (SSSR count). The number of para-hydroxylation sites is 1. The number of carbonyl (C=O) groups excluding carboxylic acids is 1. The molecule has 2 aromatic carbocycles. The first-order valence-electron chi connectivity index (χ1n) is 10.6. The molecule has 3 aromatic rings. The van der Waals surface area contributed by atoms with Crippen molar-refractivity contribution in [2.75, 3.05) is 44.5 Å². The third-order valence-electron chi connectivity index (χ3n) is 5.72. The lowest BCUT2D eigenvalue weighted by Crippen LogP contribution is -2.50. The minimum Gasteiger partial charge on any atom is -0.484 e. The van der Waals surface area contributed by atoms with Gasteiger partial charge in [0.05, 0.1) is 5.69 Å². The van der Waals surface area contributed by atoms with Crippen molar-refractivity contribution >= 4 is 11.7 Å². The van der Waals surface area contributed by atoms with Gasteiger partial charge in [0.25, 0.3) is 5.91 Å². The number of hydrogen-bond donors (Lipinski definition) is 0. The third kappa shape index (κ3) is 4.16. The lowest BCUT2D eigenvalue weighted by atomic mass is 10.1. The van der Waals surface area contributed by atoms with Gasteiger partial charge in [-0.25, -0.2) is 0 Å². The Hall–Kier alpha value is -3.81. The molecule has 0 spiro atoms. The number of hydrogen-bond acceptors (Lipinski definition) is 7. The molecule has 0 N–H and O–H groups in total. The van der Waals surface area contributed by atoms with Gasteiger partial charge in [-0.15, -0.1) is 10.2 Å². The van der Waals surface area contributed by atoms with Gasteiger partial charge in [-0.1, -0.05) is 18.2 Å². The van der Waals surface area contributed by atoms with Crippen LogP contribution in [-0.2, 0) is 4.79 Å². The summed E-state index contributed by atoms with van der Waals surface area (Å²) in [5.74, 6) is 3.02. The molecule has 1 aromatic heterocycles. The molecule has 0 atom stereocenters. The molecule has 1 amide bonds. The van der Waals surface area contributed by atoms with Crippen molar-refractivity contribution in [3.8, 4) is 28.5 Å². The van der Waals surface area contributed by atoms with Gasteiger partial charge in [0.15, 0.2) is 23.9 Å². The maximum absolute atomic E-state index is 12.5. The summed E-state index contributed by atoms with van der Waals surface area (Å²) in [7, 11) is 0.